The van der Waals surface area contributed by atoms with Crippen molar-refractivity contribution in [1.29, 1.82) is 0 Å². The van der Waals surface area contributed by atoms with E-state index in [9.17, 15) is 0 Å². The van der Waals surface area contributed by atoms with Gasteiger partial charge in [0.05, 0.1) is 5.69 Å². The molecular weight excluding hydrogens is 348 g/mol. The predicted molar refractivity (Wildman–Crippen MR) is 105 cm³/mol. The molecule has 0 atom stereocenters. The Balaban J connectivity index is 1.51. The molecule has 2 aromatic heterocycles. The molecule has 3 heterocycles. The minimum atomic E-state index is 0.538. The molecule has 1 saturated heterocycles. The van der Waals surface area contributed by atoms with Gasteiger partial charge < -0.3 is 15.5 Å². The third kappa shape index (κ3) is 3.92. The van der Waals surface area contributed by atoms with Gasteiger partial charge in [0.15, 0.2) is 0 Å². The van der Waals surface area contributed by atoms with Crippen LogP contribution < -0.4 is 15.5 Å². The van der Waals surface area contributed by atoms with E-state index in [4.69, 9.17) is 11.6 Å². The van der Waals surface area contributed by atoms with Gasteiger partial charge in [-0.15, -0.1) is 0 Å². The molecule has 4 rings (SSSR count). The van der Waals surface area contributed by atoms with Crippen molar-refractivity contribution in [3.8, 4) is 11.3 Å². The van der Waals surface area contributed by atoms with Crippen molar-refractivity contribution in [2.75, 3.05) is 36.4 Å². The van der Waals surface area contributed by atoms with Gasteiger partial charge in [0.25, 0.3) is 0 Å². The maximum Gasteiger partial charge on any atom is 0.227 e. The third-order valence-electron chi connectivity index (χ3n) is 4.24. The zero-order chi connectivity index (χ0) is 17.8. The van der Waals surface area contributed by atoms with Gasteiger partial charge in [-0.05, 0) is 42.5 Å². The van der Waals surface area contributed by atoms with Crippen molar-refractivity contribution < 1.29 is 0 Å². The lowest BCUT2D eigenvalue weighted by atomic mass is 10.2. The molecule has 26 heavy (non-hydrogen) atoms. The van der Waals surface area contributed by atoms with E-state index in [-0.39, 0.29) is 0 Å². The number of nitrogens with one attached hydrogen (secondary N) is 2. The van der Waals surface area contributed by atoms with Crippen molar-refractivity contribution in [3.05, 3.63) is 59.9 Å². The van der Waals surface area contributed by atoms with E-state index in [1.807, 2.05) is 36.5 Å². The quantitative estimate of drug-likeness (QED) is 0.738. The molecule has 1 aliphatic rings. The first-order chi connectivity index (χ1) is 12.8. The van der Waals surface area contributed by atoms with Gasteiger partial charge in [0.1, 0.15) is 5.82 Å². The Bertz CT molecular complexity index is 860. The van der Waals surface area contributed by atoms with Crippen LogP contribution in [-0.4, -0.2) is 41.1 Å². The molecule has 3 aromatic rings. The Morgan fingerprint density at radius 1 is 0.962 bits per heavy atom. The van der Waals surface area contributed by atoms with Gasteiger partial charge in [-0.1, -0.05) is 11.6 Å². The summed E-state index contributed by atoms with van der Waals surface area (Å²) in [6.07, 6.45) is 3.61. The van der Waals surface area contributed by atoms with E-state index in [0.29, 0.717) is 11.0 Å². The number of benzene rings is 1. The maximum absolute atomic E-state index is 5.92. The Labute approximate surface area is 157 Å². The van der Waals surface area contributed by atoms with Crippen molar-refractivity contribution in [2.24, 2.45) is 0 Å². The summed E-state index contributed by atoms with van der Waals surface area (Å²) < 4.78 is 0. The van der Waals surface area contributed by atoms with Gasteiger partial charge in [0.2, 0.25) is 5.95 Å². The van der Waals surface area contributed by atoms with Gasteiger partial charge in [-0.3, -0.25) is 0 Å². The van der Waals surface area contributed by atoms with Crippen molar-refractivity contribution in [3.63, 3.8) is 0 Å². The van der Waals surface area contributed by atoms with Crippen LogP contribution in [-0.2, 0) is 0 Å². The average molecular weight is 367 g/mol. The summed E-state index contributed by atoms with van der Waals surface area (Å²) in [4.78, 5) is 15.8. The Kier molecular flexibility index (Phi) is 4.95. The highest BCUT2D eigenvalue weighted by atomic mass is 35.5. The molecule has 0 radical (unpaired) electrons. The van der Waals surface area contributed by atoms with Crippen LogP contribution in [0.25, 0.3) is 11.3 Å². The Hall–Kier alpha value is -2.70. The van der Waals surface area contributed by atoms with E-state index in [2.05, 4.69) is 42.6 Å². The fourth-order valence-corrected chi connectivity index (χ4v) is 2.99. The van der Waals surface area contributed by atoms with Crippen LogP contribution in [0.4, 0.5) is 17.5 Å². The smallest absolute Gasteiger partial charge is 0.227 e. The molecule has 132 valence electrons. The highest BCUT2D eigenvalue weighted by Gasteiger charge is 2.12. The van der Waals surface area contributed by atoms with Crippen LogP contribution in [0, 0.1) is 0 Å². The number of rotatable bonds is 4. The van der Waals surface area contributed by atoms with Crippen LogP contribution in [0.1, 0.15) is 0 Å². The van der Waals surface area contributed by atoms with Gasteiger partial charge in [-0.25, -0.2) is 15.0 Å². The molecule has 6 nitrogen and oxygen atoms in total. The fraction of sp³-hybridized carbons (Fsp3) is 0.211. The molecule has 1 aromatic carbocycles. The number of pyridine rings is 1. The summed E-state index contributed by atoms with van der Waals surface area (Å²) in [7, 11) is 0. The summed E-state index contributed by atoms with van der Waals surface area (Å²) in [5, 5.41) is 7.23. The maximum atomic E-state index is 5.92. The van der Waals surface area contributed by atoms with Crippen LogP contribution in [0.3, 0.4) is 0 Å². The van der Waals surface area contributed by atoms with E-state index in [1.54, 1.807) is 6.20 Å². The van der Waals surface area contributed by atoms with E-state index < -0.39 is 0 Å². The van der Waals surface area contributed by atoms with E-state index in [1.165, 1.54) is 0 Å². The zero-order valence-corrected chi connectivity index (χ0v) is 14.9. The number of piperazine rings is 1. The van der Waals surface area contributed by atoms with E-state index >= 15 is 0 Å². The number of hydrogen-bond donors (Lipinski definition) is 2. The monoisotopic (exact) mass is 366 g/mol. The number of anilines is 3. The number of nitrogens with zero attached hydrogens (tertiary/aromatic N) is 4. The largest absolute Gasteiger partial charge is 0.354 e. The Morgan fingerprint density at radius 2 is 1.77 bits per heavy atom. The normalized spacial score (nSPS) is 14.3. The van der Waals surface area contributed by atoms with Crippen LogP contribution in [0.15, 0.2) is 54.9 Å². The molecule has 1 aliphatic heterocycles. The molecule has 2 N–H and O–H groups in total. The molecular formula is C19H19ClN6. The Morgan fingerprint density at radius 3 is 2.50 bits per heavy atom. The standard InChI is InChI=1S/C19H19ClN6/c20-15-2-4-16(5-3-15)24-19-22-8-7-17(25-19)14-1-6-18(23-13-14)26-11-9-21-10-12-26/h1-8,13,21H,9-12H2,(H,22,24,25). The summed E-state index contributed by atoms with van der Waals surface area (Å²) >= 11 is 5.92. The summed E-state index contributed by atoms with van der Waals surface area (Å²) in [6, 6.07) is 13.4. The minimum absolute atomic E-state index is 0.538. The first kappa shape index (κ1) is 16.8. The number of aromatic nitrogens is 3. The second kappa shape index (κ2) is 7.68. The summed E-state index contributed by atoms with van der Waals surface area (Å²) in [5.41, 5.74) is 2.68. The molecule has 1 fully saturated rings. The SMILES string of the molecule is Clc1ccc(Nc2nccc(-c3ccc(N4CCNCC4)nc3)n2)cc1. The predicted octanol–water partition coefficient (Wildman–Crippen LogP) is 3.35. The molecule has 0 spiro atoms. The average Bonchev–Trinajstić information content (AvgIpc) is 2.71. The van der Waals surface area contributed by atoms with Crippen LogP contribution in [0.5, 0.6) is 0 Å². The van der Waals surface area contributed by atoms with Gasteiger partial charge >= 0.3 is 0 Å². The lowest BCUT2D eigenvalue weighted by molar-refractivity contribution is 0.585. The number of hydrogen-bond acceptors (Lipinski definition) is 6. The first-order valence-electron chi connectivity index (χ1n) is 8.56. The van der Waals surface area contributed by atoms with Gasteiger partial charge in [-0.2, -0.15) is 0 Å². The summed E-state index contributed by atoms with van der Waals surface area (Å²) in [5.74, 6) is 1.54. The highest BCUT2D eigenvalue weighted by molar-refractivity contribution is 6.30. The lowest BCUT2D eigenvalue weighted by Crippen LogP contribution is -2.43. The van der Waals surface area contributed by atoms with Crippen molar-refractivity contribution >= 4 is 29.1 Å². The fourth-order valence-electron chi connectivity index (χ4n) is 2.86. The molecule has 0 amide bonds. The second-order valence-electron chi connectivity index (χ2n) is 6.04. The third-order valence-corrected chi connectivity index (χ3v) is 4.49. The molecule has 0 saturated carbocycles. The van der Waals surface area contributed by atoms with E-state index in [0.717, 1.165) is 48.9 Å². The molecule has 7 heteroatoms. The van der Waals surface area contributed by atoms with Crippen LogP contribution >= 0.6 is 11.6 Å². The molecule has 0 bridgehead atoms. The molecule has 0 unspecified atom stereocenters. The number of halogens is 1. The lowest BCUT2D eigenvalue weighted by Gasteiger charge is -2.28. The molecule has 0 aliphatic carbocycles. The second-order valence-corrected chi connectivity index (χ2v) is 6.48. The van der Waals surface area contributed by atoms with Crippen molar-refractivity contribution in [1.82, 2.24) is 20.3 Å². The minimum Gasteiger partial charge on any atom is -0.354 e. The van der Waals surface area contributed by atoms with Gasteiger partial charge in [0, 0.05) is 54.8 Å². The highest BCUT2D eigenvalue weighted by Crippen LogP contribution is 2.22. The van der Waals surface area contributed by atoms with Crippen molar-refractivity contribution in [2.45, 2.75) is 0 Å². The zero-order valence-electron chi connectivity index (χ0n) is 14.2. The summed E-state index contributed by atoms with van der Waals surface area (Å²) in [6.45, 7) is 3.95. The van der Waals surface area contributed by atoms with Crippen LogP contribution in [0.2, 0.25) is 5.02 Å². The first-order valence-corrected chi connectivity index (χ1v) is 8.93. The topological polar surface area (TPSA) is 66.0 Å².